The van der Waals surface area contributed by atoms with Gasteiger partial charge in [0.2, 0.25) is 0 Å². The molecule has 108 valence electrons. The second kappa shape index (κ2) is 7.82. The third-order valence-corrected chi connectivity index (χ3v) is 3.35. The van der Waals surface area contributed by atoms with Crippen LogP contribution < -0.4 is 5.32 Å². The van der Waals surface area contributed by atoms with Crippen molar-refractivity contribution in [2.24, 2.45) is 0 Å². The Bertz CT molecular complexity index is 495. The molecular weight excluding hydrogens is 250 g/mol. The lowest BCUT2D eigenvalue weighted by atomic mass is 10.2. The summed E-state index contributed by atoms with van der Waals surface area (Å²) in [5, 5.41) is 3.30. The molecule has 0 aliphatic rings. The Labute approximate surface area is 120 Å². The predicted molar refractivity (Wildman–Crippen MR) is 80.4 cm³/mol. The lowest BCUT2D eigenvalue weighted by Gasteiger charge is -2.16. The van der Waals surface area contributed by atoms with Crippen LogP contribution in [0.25, 0.3) is 0 Å². The van der Waals surface area contributed by atoms with E-state index >= 15 is 0 Å². The van der Waals surface area contributed by atoms with Crippen LogP contribution in [-0.2, 0) is 19.5 Å². The van der Waals surface area contributed by atoms with Gasteiger partial charge in [-0.1, -0.05) is 6.92 Å². The third kappa shape index (κ3) is 4.47. The molecule has 2 rings (SSSR count). The van der Waals surface area contributed by atoms with Gasteiger partial charge in [0.15, 0.2) is 0 Å². The second-order valence-corrected chi connectivity index (χ2v) is 4.99. The average Bonchev–Trinajstić information content (AvgIpc) is 2.91. The molecule has 0 fully saturated rings. The standard InChI is InChI=1S/C16H23N3O/c1-3-17-12-16-15(7-11-20-16)13-19(2)10-6-14-4-8-18-9-5-14/h4-5,7-9,11,17H,3,6,10,12-13H2,1-2H3. The molecule has 0 unspecified atom stereocenters. The van der Waals surface area contributed by atoms with Crippen molar-refractivity contribution in [3.63, 3.8) is 0 Å². The summed E-state index contributed by atoms with van der Waals surface area (Å²) >= 11 is 0. The number of hydrogen-bond acceptors (Lipinski definition) is 4. The molecule has 2 aromatic rings. The highest BCUT2D eigenvalue weighted by Gasteiger charge is 2.08. The van der Waals surface area contributed by atoms with Crippen LogP contribution in [0.1, 0.15) is 23.8 Å². The summed E-state index contributed by atoms with van der Waals surface area (Å²) in [5.41, 5.74) is 2.59. The quantitative estimate of drug-likeness (QED) is 0.802. The normalized spacial score (nSPS) is 11.2. The Hall–Kier alpha value is -1.65. The maximum absolute atomic E-state index is 5.53. The minimum absolute atomic E-state index is 0.803. The molecule has 0 aliphatic heterocycles. The molecule has 0 atom stereocenters. The maximum Gasteiger partial charge on any atom is 0.122 e. The largest absolute Gasteiger partial charge is 0.468 e. The highest BCUT2D eigenvalue weighted by Crippen LogP contribution is 2.13. The zero-order valence-corrected chi connectivity index (χ0v) is 12.3. The van der Waals surface area contributed by atoms with E-state index in [1.807, 2.05) is 12.4 Å². The van der Waals surface area contributed by atoms with Crippen LogP contribution in [0.5, 0.6) is 0 Å². The summed E-state index contributed by atoms with van der Waals surface area (Å²) < 4.78 is 5.53. The molecule has 1 N–H and O–H groups in total. The van der Waals surface area contributed by atoms with E-state index in [4.69, 9.17) is 4.42 Å². The molecule has 4 heteroatoms. The molecule has 20 heavy (non-hydrogen) atoms. The van der Waals surface area contributed by atoms with Gasteiger partial charge in [0.05, 0.1) is 12.8 Å². The van der Waals surface area contributed by atoms with E-state index in [1.54, 1.807) is 6.26 Å². The first kappa shape index (κ1) is 14.8. The van der Waals surface area contributed by atoms with Crippen molar-refractivity contribution in [1.29, 1.82) is 0 Å². The van der Waals surface area contributed by atoms with Crippen LogP contribution in [0.3, 0.4) is 0 Å². The first-order valence-electron chi connectivity index (χ1n) is 7.13. The number of rotatable bonds is 8. The number of hydrogen-bond donors (Lipinski definition) is 1. The fourth-order valence-electron chi connectivity index (χ4n) is 2.14. The molecule has 0 saturated heterocycles. The van der Waals surface area contributed by atoms with Crippen molar-refractivity contribution in [2.45, 2.75) is 26.4 Å². The van der Waals surface area contributed by atoms with Gasteiger partial charge in [0, 0.05) is 31.0 Å². The molecule has 0 amide bonds. The van der Waals surface area contributed by atoms with E-state index in [1.165, 1.54) is 11.1 Å². The summed E-state index contributed by atoms with van der Waals surface area (Å²) in [7, 11) is 2.14. The first-order valence-corrected chi connectivity index (χ1v) is 7.13. The van der Waals surface area contributed by atoms with Gasteiger partial charge >= 0.3 is 0 Å². The Morgan fingerprint density at radius 3 is 2.80 bits per heavy atom. The predicted octanol–water partition coefficient (Wildman–Crippen LogP) is 2.46. The SMILES string of the molecule is CCNCc1occc1CN(C)CCc1ccncc1. The lowest BCUT2D eigenvalue weighted by Crippen LogP contribution is -2.22. The van der Waals surface area contributed by atoms with Crippen molar-refractivity contribution in [2.75, 3.05) is 20.1 Å². The van der Waals surface area contributed by atoms with Crippen LogP contribution in [0.4, 0.5) is 0 Å². The summed E-state index contributed by atoms with van der Waals surface area (Å²) in [4.78, 5) is 6.36. The average molecular weight is 273 g/mol. The van der Waals surface area contributed by atoms with Gasteiger partial charge in [-0.05, 0) is 43.8 Å². The van der Waals surface area contributed by atoms with Gasteiger partial charge in [-0.2, -0.15) is 0 Å². The summed E-state index contributed by atoms with van der Waals surface area (Å²) in [5.74, 6) is 1.04. The highest BCUT2D eigenvalue weighted by molar-refractivity contribution is 5.17. The van der Waals surface area contributed by atoms with Gasteiger partial charge in [-0.25, -0.2) is 0 Å². The van der Waals surface area contributed by atoms with Crippen molar-refractivity contribution in [1.82, 2.24) is 15.2 Å². The monoisotopic (exact) mass is 273 g/mol. The van der Waals surface area contributed by atoms with Crippen LogP contribution in [0.2, 0.25) is 0 Å². The van der Waals surface area contributed by atoms with Gasteiger partial charge in [-0.3, -0.25) is 4.98 Å². The van der Waals surface area contributed by atoms with Gasteiger partial charge in [0.1, 0.15) is 5.76 Å². The van der Waals surface area contributed by atoms with E-state index in [0.717, 1.165) is 38.4 Å². The fourth-order valence-corrected chi connectivity index (χ4v) is 2.14. The topological polar surface area (TPSA) is 41.3 Å². The second-order valence-electron chi connectivity index (χ2n) is 4.99. The van der Waals surface area contributed by atoms with E-state index in [2.05, 4.69) is 47.4 Å². The highest BCUT2D eigenvalue weighted by atomic mass is 16.3. The maximum atomic E-state index is 5.53. The summed E-state index contributed by atoms with van der Waals surface area (Å²) in [6, 6.07) is 6.21. The summed E-state index contributed by atoms with van der Waals surface area (Å²) in [6.07, 6.45) is 6.51. The van der Waals surface area contributed by atoms with Gasteiger partial charge < -0.3 is 14.6 Å². The van der Waals surface area contributed by atoms with E-state index < -0.39 is 0 Å². The molecule has 0 saturated carbocycles. The van der Waals surface area contributed by atoms with Crippen LogP contribution in [0, 0.1) is 0 Å². The molecule has 0 radical (unpaired) electrons. The zero-order valence-electron chi connectivity index (χ0n) is 12.3. The molecule has 0 aromatic carbocycles. The number of furan rings is 1. The molecular formula is C16H23N3O. The molecule has 0 bridgehead atoms. The summed E-state index contributed by atoms with van der Waals surface area (Å²) in [6.45, 7) is 5.80. The van der Waals surface area contributed by atoms with Crippen molar-refractivity contribution in [3.05, 3.63) is 53.7 Å². The first-order chi connectivity index (χ1) is 9.79. The number of nitrogens with one attached hydrogen (secondary N) is 1. The van der Waals surface area contributed by atoms with E-state index in [-0.39, 0.29) is 0 Å². The molecule has 0 spiro atoms. The smallest absolute Gasteiger partial charge is 0.122 e. The van der Waals surface area contributed by atoms with Crippen LogP contribution in [0.15, 0.2) is 41.3 Å². The third-order valence-electron chi connectivity index (χ3n) is 3.35. The van der Waals surface area contributed by atoms with Crippen LogP contribution in [-0.4, -0.2) is 30.0 Å². The lowest BCUT2D eigenvalue weighted by molar-refractivity contribution is 0.326. The van der Waals surface area contributed by atoms with Gasteiger partial charge in [0.25, 0.3) is 0 Å². The molecule has 2 aromatic heterocycles. The number of pyridine rings is 1. The van der Waals surface area contributed by atoms with Gasteiger partial charge in [-0.15, -0.1) is 0 Å². The van der Waals surface area contributed by atoms with Crippen molar-refractivity contribution in [3.8, 4) is 0 Å². The van der Waals surface area contributed by atoms with E-state index in [0.29, 0.717) is 0 Å². The Balaban J connectivity index is 1.82. The zero-order chi connectivity index (χ0) is 14.2. The fraction of sp³-hybridized carbons (Fsp3) is 0.438. The molecule has 2 heterocycles. The van der Waals surface area contributed by atoms with Crippen molar-refractivity contribution < 1.29 is 4.42 Å². The van der Waals surface area contributed by atoms with E-state index in [9.17, 15) is 0 Å². The Kier molecular flexibility index (Phi) is 5.77. The number of likely N-dealkylation sites (N-methyl/N-ethyl adjacent to an activating group) is 1. The number of nitrogens with zero attached hydrogens (tertiary/aromatic N) is 2. The Morgan fingerprint density at radius 2 is 2.05 bits per heavy atom. The molecule has 0 aliphatic carbocycles. The molecule has 4 nitrogen and oxygen atoms in total. The Morgan fingerprint density at radius 1 is 1.25 bits per heavy atom. The van der Waals surface area contributed by atoms with Crippen LogP contribution >= 0.6 is 0 Å². The number of aromatic nitrogens is 1. The minimum Gasteiger partial charge on any atom is -0.468 e. The van der Waals surface area contributed by atoms with Crippen molar-refractivity contribution >= 4 is 0 Å². The minimum atomic E-state index is 0.803.